The molecule has 0 atom stereocenters. The van der Waals surface area contributed by atoms with Crippen molar-refractivity contribution < 1.29 is 9.18 Å². The number of hydrogen-bond acceptors (Lipinski definition) is 3. The molecule has 3 nitrogen and oxygen atoms in total. The van der Waals surface area contributed by atoms with E-state index >= 15 is 0 Å². The highest BCUT2D eigenvalue weighted by Crippen LogP contribution is 2.21. The molecule has 0 aliphatic carbocycles. The smallest absolute Gasteiger partial charge is 0.221 e. The summed E-state index contributed by atoms with van der Waals surface area (Å²) < 4.78 is 13.4. The average molecular weight is 290 g/mol. The standard InChI is InChI=1S/C15H15FN2OS/c16-13-6-1-2-7-14(13)20-10-8-15(19)18-11-12-5-3-4-9-17-12/h1-7,9H,8,10-11H2,(H,18,19). The van der Waals surface area contributed by atoms with Crippen molar-refractivity contribution in [2.75, 3.05) is 5.75 Å². The van der Waals surface area contributed by atoms with Crippen molar-refractivity contribution in [1.82, 2.24) is 10.3 Å². The Labute approximate surface area is 121 Å². The molecule has 0 aliphatic rings. The van der Waals surface area contributed by atoms with Gasteiger partial charge in [0.25, 0.3) is 0 Å². The highest BCUT2D eigenvalue weighted by Gasteiger charge is 2.05. The van der Waals surface area contributed by atoms with Crippen molar-refractivity contribution in [3.8, 4) is 0 Å². The maximum atomic E-state index is 13.4. The molecule has 1 aromatic heterocycles. The first-order valence-corrected chi connectivity index (χ1v) is 7.28. The Kier molecular flexibility index (Phi) is 5.55. The number of amides is 1. The van der Waals surface area contributed by atoms with E-state index in [1.807, 2.05) is 18.2 Å². The first kappa shape index (κ1) is 14.5. The highest BCUT2D eigenvalue weighted by atomic mass is 32.2. The van der Waals surface area contributed by atoms with Crippen molar-refractivity contribution in [1.29, 1.82) is 0 Å². The van der Waals surface area contributed by atoms with Gasteiger partial charge in [-0.15, -0.1) is 11.8 Å². The van der Waals surface area contributed by atoms with Crippen LogP contribution in [0.15, 0.2) is 53.6 Å². The van der Waals surface area contributed by atoms with Crippen molar-refractivity contribution in [3.05, 3.63) is 60.2 Å². The molecule has 5 heteroatoms. The third-order valence-corrected chi connectivity index (χ3v) is 3.67. The minimum absolute atomic E-state index is 0.0560. The summed E-state index contributed by atoms with van der Waals surface area (Å²) in [4.78, 5) is 16.3. The number of thioether (sulfide) groups is 1. The normalized spacial score (nSPS) is 10.2. The van der Waals surface area contributed by atoms with E-state index in [1.54, 1.807) is 24.4 Å². The van der Waals surface area contributed by atoms with E-state index < -0.39 is 0 Å². The van der Waals surface area contributed by atoms with Crippen LogP contribution in [-0.2, 0) is 11.3 Å². The van der Waals surface area contributed by atoms with E-state index in [-0.39, 0.29) is 11.7 Å². The summed E-state index contributed by atoms with van der Waals surface area (Å²) in [5, 5.41) is 2.79. The molecular weight excluding hydrogens is 275 g/mol. The fourth-order valence-electron chi connectivity index (χ4n) is 1.60. The zero-order valence-electron chi connectivity index (χ0n) is 10.9. The Morgan fingerprint density at radius 2 is 2.00 bits per heavy atom. The van der Waals surface area contributed by atoms with Crippen LogP contribution in [0, 0.1) is 5.82 Å². The minimum Gasteiger partial charge on any atom is -0.350 e. The van der Waals surface area contributed by atoms with E-state index in [0.717, 1.165) is 5.69 Å². The van der Waals surface area contributed by atoms with Crippen molar-refractivity contribution in [2.45, 2.75) is 17.9 Å². The van der Waals surface area contributed by atoms with Crippen LogP contribution in [0.5, 0.6) is 0 Å². The number of halogens is 1. The summed E-state index contributed by atoms with van der Waals surface area (Å²) in [7, 11) is 0. The molecular formula is C15H15FN2OS. The van der Waals surface area contributed by atoms with Gasteiger partial charge in [0.1, 0.15) is 5.82 Å². The van der Waals surface area contributed by atoms with Crippen LogP contribution < -0.4 is 5.32 Å². The summed E-state index contributed by atoms with van der Waals surface area (Å²) in [6, 6.07) is 12.1. The van der Waals surface area contributed by atoms with E-state index in [4.69, 9.17) is 0 Å². The van der Waals surface area contributed by atoms with Crippen molar-refractivity contribution in [2.24, 2.45) is 0 Å². The summed E-state index contributed by atoms with van der Waals surface area (Å²) >= 11 is 1.35. The average Bonchev–Trinajstić information content (AvgIpc) is 2.48. The predicted octanol–water partition coefficient (Wildman–Crippen LogP) is 3.02. The quantitative estimate of drug-likeness (QED) is 0.832. The van der Waals surface area contributed by atoms with Crippen LogP contribution in [0.3, 0.4) is 0 Å². The molecule has 0 bridgehead atoms. The van der Waals surface area contributed by atoms with Gasteiger partial charge >= 0.3 is 0 Å². The van der Waals surface area contributed by atoms with Gasteiger partial charge in [-0.25, -0.2) is 4.39 Å². The molecule has 20 heavy (non-hydrogen) atoms. The van der Waals surface area contributed by atoms with E-state index in [0.29, 0.717) is 23.6 Å². The first-order chi connectivity index (χ1) is 9.75. The van der Waals surface area contributed by atoms with Gasteiger partial charge in [-0.05, 0) is 24.3 Å². The third kappa shape index (κ3) is 4.66. The van der Waals surface area contributed by atoms with Crippen LogP contribution >= 0.6 is 11.8 Å². The number of nitrogens with one attached hydrogen (secondary N) is 1. The van der Waals surface area contributed by atoms with Crippen LogP contribution in [0.25, 0.3) is 0 Å². The molecule has 0 spiro atoms. The van der Waals surface area contributed by atoms with Crippen LogP contribution in [0.4, 0.5) is 4.39 Å². The molecule has 2 aromatic rings. The number of pyridine rings is 1. The van der Waals surface area contributed by atoms with E-state index in [9.17, 15) is 9.18 Å². The summed E-state index contributed by atoms with van der Waals surface area (Å²) in [6.45, 7) is 0.421. The first-order valence-electron chi connectivity index (χ1n) is 6.29. The molecule has 1 aromatic carbocycles. The Bertz CT molecular complexity index is 563. The summed E-state index contributed by atoms with van der Waals surface area (Å²) in [5.41, 5.74) is 0.822. The maximum Gasteiger partial charge on any atom is 0.221 e. The topological polar surface area (TPSA) is 42.0 Å². The number of benzene rings is 1. The Balaban J connectivity index is 1.69. The monoisotopic (exact) mass is 290 g/mol. The largest absolute Gasteiger partial charge is 0.350 e. The van der Waals surface area contributed by atoms with Crippen LogP contribution in [0.1, 0.15) is 12.1 Å². The lowest BCUT2D eigenvalue weighted by Gasteiger charge is -2.05. The number of nitrogens with zero attached hydrogens (tertiary/aromatic N) is 1. The molecule has 1 N–H and O–H groups in total. The second-order valence-electron chi connectivity index (χ2n) is 4.13. The molecule has 0 saturated heterocycles. The third-order valence-electron chi connectivity index (χ3n) is 2.62. The number of carbonyl (C=O) groups excluding carboxylic acids is 1. The number of hydrogen-bond donors (Lipinski definition) is 1. The SMILES string of the molecule is O=C(CCSc1ccccc1F)NCc1ccccn1. The number of carbonyl (C=O) groups is 1. The molecule has 0 unspecified atom stereocenters. The van der Waals surface area contributed by atoms with E-state index in [2.05, 4.69) is 10.3 Å². The van der Waals surface area contributed by atoms with Gasteiger partial charge in [0.05, 0.1) is 12.2 Å². The van der Waals surface area contributed by atoms with Crippen LogP contribution in [-0.4, -0.2) is 16.6 Å². The molecule has 104 valence electrons. The zero-order chi connectivity index (χ0) is 14.2. The fourth-order valence-corrected chi connectivity index (χ4v) is 2.48. The number of rotatable bonds is 6. The lowest BCUT2D eigenvalue weighted by molar-refractivity contribution is -0.120. The predicted molar refractivity (Wildman–Crippen MR) is 77.8 cm³/mol. The van der Waals surface area contributed by atoms with Gasteiger partial charge in [-0.2, -0.15) is 0 Å². The maximum absolute atomic E-state index is 13.4. The van der Waals surface area contributed by atoms with Crippen molar-refractivity contribution >= 4 is 17.7 Å². The molecule has 1 heterocycles. The van der Waals surface area contributed by atoms with Crippen molar-refractivity contribution in [3.63, 3.8) is 0 Å². The fraction of sp³-hybridized carbons (Fsp3) is 0.200. The number of aromatic nitrogens is 1. The lowest BCUT2D eigenvalue weighted by Crippen LogP contribution is -2.23. The Hall–Kier alpha value is -1.88. The molecule has 1 amide bonds. The Morgan fingerprint density at radius 3 is 2.75 bits per heavy atom. The molecule has 0 aliphatic heterocycles. The zero-order valence-corrected chi connectivity index (χ0v) is 11.7. The molecule has 0 saturated carbocycles. The second-order valence-corrected chi connectivity index (χ2v) is 5.26. The molecule has 0 radical (unpaired) electrons. The highest BCUT2D eigenvalue weighted by molar-refractivity contribution is 7.99. The second kappa shape index (κ2) is 7.65. The van der Waals surface area contributed by atoms with Gasteiger partial charge in [0.2, 0.25) is 5.91 Å². The minimum atomic E-state index is -0.244. The molecule has 2 rings (SSSR count). The van der Waals surface area contributed by atoms with E-state index in [1.165, 1.54) is 17.8 Å². The van der Waals surface area contributed by atoms with Gasteiger partial charge < -0.3 is 5.32 Å². The Morgan fingerprint density at radius 1 is 1.20 bits per heavy atom. The summed E-state index contributed by atoms with van der Waals surface area (Å²) in [5.74, 6) is 0.250. The lowest BCUT2D eigenvalue weighted by atomic mass is 10.3. The van der Waals surface area contributed by atoms with Gasteiger partial charge in [0, 0.05) is 23.3 Å². The van der Waals surface area contributed by atoms with Gasteiger partial charge in [0.15, 0.2) is 0 Å². The summed E-state index contributed by atoms with van der Waals surface area (Å²) in [6.07, 6.45) is 2.04. The van der Waals surface area contributed by atoms with Gasteiger partial charge in [-0.1, -0.05) is 18.2 Å². The van der Waals surface area contributed by atoms with Gasteiger partial charge in [-0.3, -0.25) is 9.78 Å². The van der Waals surface area contributed by atoms with Crippen LogP contribution in [0.2, 0.25) is 0 Å². The molecule has 0 fully saturated rings.